The Labute approximate surface area is 220 Å². The molecule has 2 aliphatic rings. The topological polar surface area (TPSA) is 50.8 Å². The summed E-state index contributed by atoms with van der Waals surface area (Å²) >= 11 is 6.12. The van der Waals surface area contributed by atoms with Crippen LogP contribution < -0.4 is 15.1 Å². The highest BCUT2D eigenvalue weighted by Gasteiger charge is 2.23. The van der Waals surface area contributed by atoms with Crippen molar-refractivity contribution in [3.8, 4) is 0 Å². The number of nitrogens with zero attached hydrogens (tertiary/aromatic N) is 6. The van der Waals surface area contributed by atoms with Gasteiger partial charge < -0.3 is 20.0 Å². The first-order chi connectivity index (χ1) is 17.5. The number of pyridine rings is 2. The van der Waals surface area contributed by atoms with E-state index in [2.05, 4.69) is 56.9 Å². The van der Waals surface area contributed by atoms with Gasteiger partial charge in [-0.3, -0.25) is 9.88 Å². The fraction of sp³-hybridized carbons (Fsp3) is 0.500. The molecule has 0 aliphatic carbocycles. The molecular weight excluding hydrogens is 470 g/mol. The van der Waals surface area contributed by atoms with E-state index in [1.165, 1.54) is 17.1 Å². The molecular formula is C28H38ClN7. The van der Waals surface area contributed by atoms with Crippen LogP contribution in [0.15, 0.2) is 36.5 Å². The minimum absolute atomic E-state index is 0.721. The number of likely N-dealkylation sites (N-methyl/N-ethyl adjacent to an activating group) is 1. The van der Waals surface area contributed by atoms with Gasteiger partial charge in [0.25, 0.3) is 0 Å². The van der Waals surface area contributed by atoms with Crippen molar-refractivity contribution >= 4 is 39.7 Å². The Hall–Kier alpha value is -2.61. The van der Waals surface area contributed by atoms with Gasteiger partial charge in [-0.25, -0.2) is 4.98 Å². The predicted octanol–water partition coefficient (Wildman–Crippen LogP) is 4.28. The number of benzene rings is 1. The molecule has 0 saturated carbocycles. The minimum atomic E-state index is 0.721. The SMILES string of the molecule is Cc1cc(N2CCN(CCCNc3ccnc4cc(Cl)ccc34)CC2)c(C)c(N2CCN(C)CC2)n1. The van der Waals surface area contributed by atoms with E-state index < -0.39 is 0 Å². The van der Waals surface area contributed by atoms with Crippen molar-refractivity contribution in [2.45, 2.75) is 20.3 Å². The number of aromatic nitrogens is 2. The lowest BCUT2D eigenvalue weighted by atomic mass is 10.1. The van der Waals surface area contributed by atoms with Crippen molar-refractivity contribution in [2.24, 2.45) is 0 Å². The highest BCUT2D eigenvalue weighted by Crippen LogP contribution is 2.30. The summed E-state index contributed by atoms with van der Waals surface area (Å²) in [6, 6.07) is 10.2. The van der Waals surface area contributed by atoms with Crippen LogP contribution in [-0.2, 0) is 0 Å². The van der Waals surface area contributed by atoms with E-state index in [-0.39, 0.29) is 0 Å². The lowest BCUT2D eigenvalue weighted by Gasteiger charge is -2.39. The normalized spacial score (nSPS) is 17.7. The molecule has 0 bridgehead atoms. The average Bonchev–Trinajstić information content (AvgIpc) is 2.88. The van der Waals surface area contributed by atoms with Gasteiger partial charge in [-0.15, -0.1) is 0 Å². The van der Waals surface area contributed by atoms with Crippen molar-refractivity contribution in [1.82, 2.24) is 19.8 Å². The van der Waals surface area contributed by atoms with Crippen LogP contribution in [0.4, 0.5) is 17.2 Å². The Morgan fingerprint density at radius 2 is 1.67 bits per heavy atom. The van der Waals surface area contributed by atoms with E-state index in [1.54, 1.807) is 0 Å². The number of piperazine rings is 2. The summed E-state index contributed by atoms with van der Waals surface area (Å²) in [4.78, 5) is 19.4. The molecule has 5 rings (SSSR count). The largest absolute Gasteiger partial charge is 0.384 e. The Balaban J connectivity index is 1.13. The molecule has 0 amide bonds. The van der Waals surface area contributed by atoms with Crippen molar-refractivity contribution in [2.75, 3.05) is 87.6 Å². The van der Waals surface area contributed by atoms with Crippen LogP contribution in [0, 0.1) is 13.8 Å². The first-order valence-electron chi connectivity index (χ1n) is 13.1. The van der Waals surface area contributed by atoms with Gasteiger partial charge in [0, 0.05) is 98.1 Å². The number of aryl methyl sites for hydroxylation is 1. The standard InChI is InChI=1S/C28H38ClN7/c1-21-19-27(22(2)28(32-21)36-15-11-33(3)12-16-36)35-17-13-34(14-18-35)10-4-8-30-25-7-9-31-26-20-23(29)5-6-24(25)26/h5-7,9,19-20H,4,8,10-18H2,1-3H3,(H,30,31). The van der Waals surface area contributed by atoms with Crippen LogP contribution in [0.3, 0.4) is 0 Å². The van der Waals surface area contributed by atoms with Gasteiger partial charge in [0.05, 0.1) is 5.52 Å². The number of rotatable bonds is 7. The molecule has 1 aromatic carbocycles. The minimum Gasteiger partial charge on any atom is -0.384 e. The summed E-state index contributed by atoms with van der Waals surface area (Å²) < 4.78 is 0. The quantitative estimate of drug-likeness (QED) is 0.479. The molecule has 192 valence electrons. The average molecular weight is 508 g/mol. The molecule has 0 radical (unpaired) electrons. The number of hydrogen-bond donors (Lipinski definition) is 1. The molecule has 2 aliphatic heterocycles. The monoisotopic (exact) mass is 507 g/mol. The molecule has 3 aromatic rings. The van der Waals surface area contributed by atoms with E-state index in [1.807, 2.05) is 30.5 Å². The Morgan fingerprint density at radius 3 is 2.44 bits per heavy atom. The molecule has 1 N–H and O–H groups in total. The molecule has 0 atom stereocenters. The summed E-state index contributed by atoms with van der Waals surface area (Å²) in [5.74, 6) is 1.18. The Morgan fingerprint density at radius 1 is 0.917 bits per heavy atom. The highest BCUT2D eigenvalue weighted by molar-refractivity contribution is 6.31. The van der Waals surface area contributed by atoms with Crippen LogP contribution in [0.1, 0.15) is 17.7 Å². The molecule has 36 heavy (non-hydrogen) atoms. The van der Waals surface area contributed by atoms with E-state index in [0.29, 0.717) is 0 Å². The highest BCUT2D eigenvalue weighted by atomic mass is 35.5. The predicted molar refractivity (Wildman–Crippen MR) is 152 cm³/mol. The van der Waals surface area contributed by atoms with Crippen LogP contribution in [0.2, 0.25) is 5.02 Å². The first kappa shape index (κ1) is 25.1. The fourth-order valence-electron chi connectivity index (χ4n) is 5.37. The maximum atomic E-state index is 6.12. The lowest BCUT2D eigenvalue weighted by Crippen LogP contribution is -2.47. The smallest absolute Gasteiger partial charge is 0.133 e. The van der Waals surface area contributed by atoms with Crippen molar-refractivity contribution < 1.29 is 0 Å². The number of fused-ring (bicyclic) bond motifs is 1. The third kappa shape index (κ3) is 5.69. The van der Waals surface area contributed by atoms with Gasteiger partial charge in [0.15, 0.2) is 0 Å². The molecule has 2 aromatic heterocycles. The van der Waals surface area contributed by atoms with E-state index >= 15 is 0 Å². The van der Waals surface area contributed by atoms with Gasteiger partial charge in [-0.05, 0) is 64.2 Å². The Kier molecular flexibility index (Phi) is 7.79. The number of hydrogen-bond acceptors (Lipinski definition) is 7. The van der Waals surface area contributed by atoms with E-state index in [9.17, 15) is 0 Å². The molecule has 8 heteroatoms. The zero-order chi connectivity index (χ0) is 25.1. The van der Waals surface area contributed by atoms with Gasteiger partial charge >= 0.3 is 0 Å². The maximum Gasteiger partial charge on any atom is 0.133 e. The number of halogens is 1. The van der Waals surface area contributed by atoms with Crippen molar-refractivity contribution in [1.29, 1.82) is 0 Å². The summed E-state index contributed by atoms with van der Waals surface area (Å²) in [7, 11) is 2.20. The molecule has 4 heterocycles. The summed E-state index contributed by atoms with van der Waals surface area (Å²) in [5, 5.41) is 5.44. The van der Waals surface area contributed by atoms with Crippen LogP contribution in [0.5, 0.6) is 0 Å². The molecule has 7 nitrogen and oxygen atoms in total. The number of nitrogens with one attached hydrogen (secondary N) is 1. The maximum absolute atomic E-state index is 6.12. The second-order valence-corrected chi connectivity index (χ2v) is 10.6. The molecule has 2 saturated heterocycles. The molecule has 0 spiro atoms. The lowest BCUT2D eigenvalue weighted by molar-refractivity contribution is 0.257. The summed E-state index contributed by atoms with van der Waals surface area (Å²) in [6.07, 6.45) is 2.95. The summed E-state index contributed by atoms with van der Waals surface area (Å²) in [6.45, 7) is 15.1. The zero-order valence-electron chi connectivity index (χ0n) is 21.8. The van der Waals surface area contributed by atoms with E-state index in [4.69, 9.17) is 16.6 Å². The summed E-state index contributed by atoms with van der Waals surface area (Å²) in [5.41, 5.74) is 5.86. The second kappa shape index (κ2) is 11.2. The first-order valence-corrected chi connectivity index (χ1v) is 13.5. The van der Waals surface area contributed by atoms with Gasteiger partial charge in [0.2, 0.25) is 0 Å². The fourth-order valence-corrected chi connectivity index (χ4v) is 5.54. The third-order valence-corrected chi connectivity index (χ3v) is 7.77. The Bertz CT molecular complexity index is 1180. The second-order valence-electron chi connectivity index (χ2n) is 10.2. The van der Waals surface area contributed by atoms with Gasteiger partial charge in [-0.2, -0.15) is 0 Å². The van der Waals surface area contributed by atoms with Gasteiger partial charge in [0.1, 0.15) is 5.82 Å². The molecule has 2 fully saturated rings. The van der Waals surface area contributed by atoms with Crippen molar-refractivity contribution in [3.63, 3.8) is 0 Å². The third-order valence-electron chi connectivity index (χ3n) is 7.53. The number of anilines is 3. The van der Waals surface area contributed by atoms with Crippen LogP contribution in [0.25, 0.3) is 10.9 Å². The zero-order valence-corrected chi connectivity index (χ0v) is 22.6. The van der Waals surface area contributed by atoms with Crippen LogP contribution in [-0.4, -0.2) is 92.3 Å². The van der Waals surface area contributed by atoms with E-state index in [0.717, 1.165) is 99.2 Å². The van der Waals surface area contributed by atoms with Crippen molar-refractivity contribution in [3.05, 3.63) is 52.8 Å². The van der Waals surface area contributed by atoms with Gasteiger partial charge in [-0.1, -0.05) is 11.6 Å². The van der Waals surface area contributed by atoms with Crippen LogP contribution >= 0.6 is 11.6 Å². The molecule has 0 unspecified atom stereocenters.